The van der Waals surface area contributed by atoms with E-state index in [0.29, 0.717) is 0 Å². The van der Waals surface area contributed by atoms with Gasteiger partial charge in [-0.1, -0.05) is 11.8 Å². The lowest BCUT2D eigenvalue weighted by molar-refractivity contribution is 0.408. The molecule has 0 amide bonds. The van der Waals surface area contributed by atoms with Crippen LogP contribution in [0.4, 0.5) is 0 Å². The zero-order valence-corrected chi connectivity index (χ0v) is 14.4. The predicted molar refractivity (Wildman–Crippen MR) is 89.1 cm³/mol. The summed E-state index contributed by atoms with van der Waals surface area (Å²) in [7, 11) is 3.44. The maximum Gasteiger partial charge on any atom is 0.124 e. The van der Waals surface area contributed by atoms with Gasteiger partial charge in [0.25, 0.3) is 0 Å². The van der Waals surface area contributed by atoms with Gasteiger partial charge in [-0.05, 0) is 74.2 Å². The molecule has 0 fully saturated rings. The van der Waals surface area contributed by atoms with E-state index >= 15 is 0 Å². The van der Waals surface area contributed by atoms with E-state index in [1.807, 2.05) is 0 Å². The zero-order valence-electron chi connectivity index (χ0n) is 13.5. The van der Waals surface area contributed by atoms with E-state index in [4.69, 9.17) is 9.47 Å². The molecule has 21 heavy (non-hydrogen) atoms. The van der Waals surface area contributed by atoms with Crippen LogP contribution in [0.3, 0.4) is 0 Å². The Balaban J connectivity index is 2.35. The molecule has 0 saturated heterocycles. The fraction of sp³-hybridized carbons (Fsp3) is 0.333. The van der Waals surface area contributed by atoms with Crippen molar-refractivity contribution >= 4 is 11.8 Å². The first kappa shape index (κ1) is 15.8. The van der Waals surface area contributed by atoms with Gasteiger partial charge in [0, 0.05) is 9.79 Å². The Morgan fingerprint density at radius 3 is 1.14 bits per heavy atom. The van der Waals surface area contributed by atoms with Crippen molar-refractivity contribution in [3.8, 4) is 11.5 Å². The molecule has 0 N–H and O–H groups in total. The number of rotatable bonds is 4. The molecular formula is C18H22O2S. The molecule has 0 spiro atoms. The van der Waals surface area contributed by atoms with Crippen LogP contribution in [0.5, 0.6) is 11.5 Å². The largest absolute Gasteiger partial charge is 0.496 e. The molecule has 0 aromatic heterocycles. The summed E-state index contributed by atoms with van der Waals surface area (Å²) in [6.45, 7) is 8.33. The average Bonchev–Trinajstić information content (AvgIpc) is 2.38. The number of hydrogen-bond acceptors (Lipinski definition) is 3. The van der Waals surface area contributed by atoms with Crippen LogP contribution in [0.25, 0.3) is 0 Å². The van der Waals surface area contributed by atoms with Gasteiger partial charge in [-0.3, -0.25) is 0 Å². The van der Waals surface area contributed by atoms with Crippen molar-refractivity contribution in [2.24, 2.45) is 0 Å². The number of ether oxygens (including phenoxy) is 2. The molecule has 0 saturated carbocycles. The summed E-state index contributed by atoms with van der Waals surface area (Å²) in [5, 5.41) is 0. The zero-order chi connectivity index (χ0) is 15.6. The number of methoxy groups -OCH3 is 2. The van der Waals surface area contributed by atoms with Crippen LogP contribution < -0.4 is 9.47 Å². The molecule has 0 aliphatic heterocycles. The lowest BCUT2D eigenvalue weighted by Crippen LogP contribution is -1.93. The van der Waals surface area contributed by atoms with Crippen molar-refractivity contribution in [1.82, 2.24) is 0 Å². The second-order valence-corrected chi connectivity index (χ2v) is 6.43. The van der Waals surface area contributed by atoms with Crippen molar-refractivity contribution in [2.45, 2.75) is 37.5 Å². The van der Waals surface area contributed by atoms with Gasteiger partial charge in [0.05, 0.1) is 14.2 Å². The number of aryl methyl sites for hydroxylation is 4. The molecule has 0 atom stereocenters. The van der Waals surface area contributed by atoms with Gasteiger partial charge in [-0.25, -0.2) is 0 Å². The molecule has 0 aliphatic carbocycles. The quantitative estimate of drug-likeness (QED) is 0.784. The summed E-state index contributed by atoms with van der Waals surface area (Å²) in [5.74, 6) is 1.95. The summed E-state index contributed by atoms with van der Waals surface area (Å²) in [6.07, 6.45) is 0. The summed E-state index contributed by atoms with van der Waals surface area (Å²) in [5.41, 5.74) is 4.67. The fourth-order valence-corrected chi connectivity index (χ4v) is 3.93. The SMILES string of the molecule is COc1c(C)cc(Sc2cc(C)c(OC)c(C)c2)cc1C. The van der Waals surface area contributed by atoms with Crippen molar-refractivity contribution in [1.29, 1.82) is 0 Å². The van der Waals surface area contributed by atoms with Gasteiger partial charge in [0.2, 0.25) is 0 Å². The van der Waals surface area contributed by atoms with Crippen LogP contribution in [0, 0.1) is 27.7 Å². The van der Waals surface area contributed by atoms with E-state index in [1.165, 1.54) is 32.0 Å². The third-order valence-electron chi connectivity index (χ3n) is 3.51. The normalized spacial score (nSPS) is 10.6. The molecule has 112 valence electrons. The van der Waals surface area contributed by atoms with Gasteiger partial charge in [0.1, 0.15) is 11.5 Å². The van der Waals surface area contributed by atoms with Gasteiger partial charge in [-0.2, -0.15) is 0 Å². The molecular weight excluding hydrogens is 280 g/mol. The van der Waals surface area contributed by atoms with Crippen molar-refractivity contribution in [3.63, 3.8) is 0 Å². The molecule has 2 aromatic carbocycles. The van der Waals surface area contributed by atoms with Crippen molar-refractivity contribution in [3.05, 3.63) is 46.5 Å². The molecule has 0 bridgehead atoms. The highest BCUT2D eigenvalue weighted by Gasteiger charge is 2.09. The van der Waals surface area contributed by atoms with E-state index in [2.05, 4.69) is 52.0 Å². The minimum Gasteiger partial charge on any atom is -0.496 e. The molecule has 2 nitrogen and oxygen atoms in total. The van der Waals surface area contributed by atoms with Crippen LogP contribution >= 0.6 is 11.8 Å². The van der Waals surface area contributed by atoms with E-state index < -0.39 is 0 Å². The Hall–Kier alpha value is -1.61. The van der Waals surface area contributed by atoms with Crippen LogP contribution in [0.2, 0.25) is 0 Å². The first-order valence-corrected chi connectivity index (χ1v) is 7.76. The molecule has 3 heteroatoms. The Bertz CT molecular complexity index is 559. The maximum absolute atomic E-state index is 5.42. The number of benzene rings is 2. The Morgan fingerprint density at radius 1 is 0.619 bits per heavy atom. The summed E-state index contributed by atoms with van der Waals surface area (Å²) < 4.78 is 10.8. The molecule has 2 aromatic rings. The first-order chi connectivity index (χ1) is 9.96. The molecule has 0 aliphatic rings. The molecule has 0 radical (unpaired) electrons. The van der Waals surface area contributed by atoms with Gasteiger partial charge < -0.3 is 9.47 Å². The van der Waals surface area contributed by atoms with E-state index in [0.717, 1.165) is 11.5 Å². The Labute approximate surface area is 131 Å². The van der Waals surface area contributed by atoms with Crippen LogP contribution in [0.1, 0.15) is 22.3 Å². The standard InChI is InChI=1S/C18H22O2S/c1-11-7-15(8-12(2)17(11)19-5)21-16-9-13(3)18(20-6)14(4)10-16/h7-10H,1-6H3. The minimum atomic E-state index is 0.974. The molecule has 2 rings (SSSR count). The number of hydrogen-bond donors (Lipinski definition) is 0. The highest BCUT2D eigenvalue weighted by atomic mass is 32.2. The van der Waals surface area contributed by atoms with Gasteiger partial charge >= 0.3 is 0 Å². The Kier molecular flexibility index (Phi) is 4.84. The van der Waals surface area contributed by atoms with E-state index in [1.54, 1.807) is 26.0 Å². The second-order valence-electron chi connectivity index (χ2n) is 5.28. The van der Waals surface area contributed by atoms with E-state index in [9.17, 15) is 0 Å². The monoisotopic (exact) mass is 302 g/mol. The topological polar surface area (TPSA) is 18.5 Å². The van der Waals surface area contributed by atoms with Gasteiger partial charge in [-0.15, -0.1) is 0 Å². The average molecular weight is 302 g/mol. The smallest absolute Gasteiger partial charge is 0.124 e. The van der Waals surface area contributed by atoms with Crippen LogP contribution in [-0.4, -0.2) is 14.2 Å². The third-order valence-corrected chi connectivity index (χ3v) is 4.45. The van der Waals surface area contributed by atoms with E-state index in [-0.39, 0.29) is 0 Å². The Morgan fingerprint density at radius 2 is 0.905 bits per heavy atom. The highest BCUT2D eigenvalue weighted by molar-refractivity contribution is 7.99. The van der Waals surface area contributed by atoms with Crippen LogP contribution in [0.15, 0.2) is 34.1 Å². The summed E-state index contributed by atoms with van der Waals surface area (Å²) in [6, 6.07) is 8.69. The first-order valence-electron chi connectivity index (χ1n) is 6.94. The maximum atomic E-state index is 5.42. The lowest BCUT2D eigenvalue weighted by Gasteiger charge is -2.13. The third kappa shape index (κ3) is 3.35. The summed E-state index contributed by atoms with van der Waals surface area (Å²) in [4.78, 5) is 2.46. The van der Waals surface area contributed by atoms with Crippen molar-refractivity contribution < 1.29 is 9.47 Å². The molecule has 0 heterocycles. The lowest BCUT2D eigenvalue weighted by atomic mass is 10.1. The van der Waals surface area contributed by atoms with Crippen LogP contribution in [-0.2, 0) is 0 Å². The molecule has 0 unspecified atom stereocenters. The second kappa shape index (κ2) is 6.44. The predicted octanol–water partition coefficient (Wildman–Crippen LogP) is 5.09. The highest BCUT2D eigenvalue weighted by Crippen LogP contribution is 2.36. The van der Waals surface area contributed by atoms with Gasteiger partial charge in [0.15, 0.2) is 0 Å². The van der Waals surface area contributed by atoms with Crippen molar-refractivity contribution in [2.75, 3.05) is 14.2 Å². The minimum absolute atomic E-state index is 0.974. The fourth-order valence-electron chi connectivity index (χ4n) is 2.72. The summed E-state index contributed by atoms with van der Waals surface area (Å²) >= 11 is 1.77.